The number of aryl methyl sites for hydroxylation is 2. The van der Waals surface area contributed by atoms with Crippen molar-refractivity contribution in [3.8, 4) is 0 Å². The van der Waals surface area contributed by atoms with Crippen molar-refractivity contribution in [3.63, 3.8) is 0 Å². The van der Waals surface area contributed by atoms with Gasteiger partial charge < -0.3 is 21.2 Å². The van der Waals surface area contributed by atoms with E-state index in [0.29, 0.717) is 11.3 Å². The van der Waals surface area contributed by atoms with E-state index in [2.05, 4.69) is 5.32 Å². The van der Waals surface area contributed by atoms with E-state index in [4.69, 9.17) is 21.0 Å². The van der Waals surface area contributed by atoms with Crippen LogP contribution >= 0.6 is 11.9 Å². The molecule has 0 heterocycles. The molecule has 6 nitrogen and oxygen atoms in total. The molecule has 0 radical (unpaired) electrons. The summed E-state index contributed by atoms with van der Waals surface area (Å²) in [5, 5.41) is 17.2. The van der Waals surface area contributed by atoms with Gasteiger partial charge in [-0.05, 0) is 74.4 Å². The second-order valence-corrected chi connectivity index (χ2v) is 8.60. The molecule has 3 rings (SSSR count). The molecule has 2 atom stereocenters. The molecule has 2 aromatic rings. The molecule has 6 N–H and O–H groups in total. The van der Waals surface area contributed by atoms with Crippen molar-refractivity contribution in [2.24, 2.45) is 10.9 Å². The van der Waals surface area contributed by atoms with Crippen LogP contribution in [0.25, 0.3) is 0 Å². The number of nitrogens with two attached hydrogens (primary N) is 2. The number of carbonyl (C=O) groups excluding carboxylic acids is 1. The Morgan fingerprint density at radius 1 is 1.16 bits per heavy atom. The number of rotatable bonds is 7. The molecule has 1 saturated carbocycles. The first-order valence-electron chi connectivity index (χ1n) is 10.5. The minimum Gasteiger partial charge on any atom is -0.474 e. The third kappa shape index (κ3) is 5.89. The van der Waals surface area contributed by atoms with E-state index in [1.165, 1.54) is 0 Å². The van der Waals surface area contributed by atoms with Gasteiger partial charge in [-0.3, -0.25) is 9.93 Å². The van der Waals surface area contributed by atoms with Gasteiger partial charge in [-0.2, -0.15) is 0 Å². The summed E-state index contributed by atoms with van der Waals surface area (Å²) in [4.78, 5) is 13.6. The van der Waals surface area contributed by atoms with Crippen LogP contribution in [0.1, 0.15) is 52.7 Å². The van der Waals surface area contributed by atoms with Gasteiger partial charge in [-0.1, -0.05) is 30.7 Å². The van der Waals surface area contributed by atoms with E-state index in [-0.39, 0.29) is 23.9 Å². The smallest absolute Gasteiger partial charge is 0.251 e. The van der Waals surface area contributed by atoms with Crippen LogP contribution in [0.15, 0.2) is 59.3 Å². The molecule has 164 valence electrons. The van der Waals surface area contributed by atoms with Gasteiger partial charge in [0, 0.05) is 22.1 Å². The Morgan fingerprint density at radius 3 is 2.55 bits per heavy atom. The predicted octanol–water partition coefficient (Wildman–Crippen LogP) is 4.20. The molecule has 7 heteroatoms. The summed E-state index contributed by atoms with van der Waals surface area (Å²) in [6.45, 7) is 3.96. The maximum absolute atomic E-state index is 12.8. The second-order valence-electron chi connectivity index (χ2n) is 7.89. The van der Waals surface area contributed by atoms with Crippen LogP contribution in [-0.4, -0.2) is 23.8 Å². The molecule has 1 fully saturated rings. The Hall–Kier alpha value is -2.77. The highest BCUT2D eigenvalue weighted by Gasteiger charge is 2.29. The molecular formula is C24H30N4O2S. The summed E-state index contributed by atoms with van der Waals surface area (Å²) in [7, 11) is 0. The lowest BCUT2D eigenvalue weighted by Gasteiger charge is -2.32. The van der Waals surface area contributed by atoms with E-state index in [0.717, 1.165) is 59.2 Å². The number of benzene rings is 2. The van der Waals surface area contributed by atoms with Gasteiger partial charge in [0.1, 0.15) is 6.10 Å². The van der Waals surface area contributed by atoms with Crippen molar-refractivity contribution in [1.29, 1.82) is 5.41 Å². The number of hydrogen-bond donors (Lipinski definition) is 4. The van der Waals surface area contributed by atoms with Crippen molar-refractivity contribution in [2.75, 3.05) is 0 Å². The summed E-state index contributed by atoms with van der Waals surface area (Å²) in [6.07, 6.45) is 4.98. The van der Waals surface area contributed by atoms with Gasteiger partial charge in [0.05, 0.1) is 11.8 Å². The number of carbonyl (C=O) groups is 1. The van der Waals surface area contributed by atoms with Crippen LogP contribution in [0.3, 0.4) is 0 Å². The van der Waals surface area contributed by atoms with Gasteiger partial charge >= 0.3 is 0 Å². The highest BCUT2D eigenvalue weighted by atomic mass is 32.2. The highest BCUT2D eigenvalue weighted by Crippen LogP contribution is 2.24. The largest absolute Gasteiger partial charge is 0.474 e. The monoisotopic (exact) mass is 438 g/mol. The number of ether oxygens (including phenoxy) is 1. The Balaban J connectivity index is 1.69. The van der Waals surface area contributed by atoms with Crippen molar-refractivity contribution >= 4 is 23.6 Å². The van der Waals surface area contributed by atoms with Crippen LogP contribution in [0.2, 0.25) is 0 Å². The normalized spacial score (nSPS) is 19.0. The summed E-state index contributed by atoms with van der Waals surface area (Å²) < 4.78 is 6.02. The summed E-state index contributed by atoms with van der Waals surface area (Å²) >= 11 is 1.11. The molecule has 31 heavy (non-hydrogen) atoms. The quantitative estimate of drug-likeness (QED) is 0.294. The third-order valence-corrected chi connectivity index (χ3v) is 6.10. The Labute approximate surface area is 188 Å². The molecule has 2 aromatic carbocycles. The maximum atomic E-state index is 12.8. The number of amides is 1. The number of allylic oxidation sites excluding steroid dienone is 1. The zero-order valence-corrected chi connectivity index (χ0v) is 18.8. The van der Waals surface area contributed by atoms with Crippen molar-refractivity contribution in [1.82, 2.24) is 5.32 Å². The van der Waals surface area contributed by atoms with Crippen molar-refractivity contribution in [2.45, 2.75) is 56.6 Å². The molecule has 1 aliphatic rings. The van der Waals surface area contributed by atoms with Gasteiger partial charge in [-0.25, -0.2) is 0 Å². The van der Waals surface area contributed by atoms with Crippen molar-refractivity contribution < 1.29 is 9.53 Å². The Morgan fingerprint density at radius 2 is 1.84 bits per heavy atom. The molecule has 0 bridgehead atoms. The van der Waals surface area contributed by atoms with Gasteiger partial charge in [0.15, 0.2) is 5.88 Å². The minimum absolute atomic E-state index is 0.142. The van der Waals surface area contributed by atoms with Crippen LogP contribution < -0.4 is 16.2 Å². The highest BCUT2D eigenvalue weighted by molar-refractivity contribution is 7.97. The van der Waals surface area contributed by atoms with Crippen LogP contribution in [0.4, 0.5) is 0 Å². The minimum atomic E-state index is -0.230. The molecule has 1 unspecified atom stereocenters. The van der Waals surface area contributed by atoms with Crippen LogP contribution in [0, 0.1) is 19.3 Å². The molecule has 1 amide bonds. The SMILES string of the molecule is Cc1cccc(C)c1C(=N)/C=C(\N)O[C@H]1CCCCC1NC(=O)c1cccc(SN)c1. The maximum Gasteiger partial charge on any atom is 0.251 e. The zero-order chi connectivity index (χ0) is 22.4. The lowest BCUT2D eigenvalue weighted by molar-refractivity contribution is 0.0467. The van der Waals surface area contributed by atoms with Crippen molar-refractivity contribution in [3.05, 3.63) is 76.7 Å². The molecule has 0 aromatic heterocycles. The topological polar surface area (TPSA) is 114 Å². The summed E-state index contributed by atoms with van der Waals surface area (Å²) in [5.74, 6) is 0.0440. The Bertz CT molecular complexity index is 969. The lowest BCUT2D eigenvalue weighted by atomic mass is 9.92. The van der Waals surface area contributed by atoms with Gasteiger partial charge in [0.2, 0.25) is 0 Å². The first kappa shape index (κ1) is 22.9. The zero-order valence-electron chi connectivity index (χ0n) is 18.0. The standard InChI is InChI=1S/C24H30N4O2S/c1-15-7-5-8-16(2)23(15)19(25)14-22(26)30-21-12-4-3-11-20(21)28-24(29)17-9-6-10-18(13-17)31-27/h5-10,13-14,20-21,25H,3-4,11-12,26-27H2,1-2H3,(H,28,29)/b22-14+,25-19?/t20?,21-/m0/s1. The molecule has 1 aliphatic carbocycles. The molecular weight excluding hydrogens is 408 g/mol. The number of nitrogens with one attached hydrogen (secondary N) is 2. The summed E-state index contributed by atoms with van der Waals surface area (Å²) in [5.41, 5.74) is 9.95. The fourth-order valence-electron chi connectivity index (χ4n) is 4.03. The van der Waals surface area contributed by atoms with E-state index in [1.54, 1.807) is 18.2 Å². The van der Waals surface area contributed by atoms with E-state index in [9.17, 15) is 4.79 Å². The molecule has 0 spiro atoms. The third-order valence-electron chi connectivity index (χ3n) is 5.58. The first-order chi connectivity index (χ1) is 14.9. The second kappa shape index (κ2) is 10.5. The molecule has 0 saturated heterocycles. The fourth-order valence-corrected chi connectivity index (χ4v) is 4.38. The lowest BCUT2D eigenvalue weighted by Crippen LogP contribution is -2.46. The average molecular weight is 439 g/mol. The summed E-state index contributed by atoms with van der Waals surface area (Å²) in [6, 6.07) is 13.0. The van der Waals surface area contributed by atoms with Crippen LogP contribution in [-0.2, 0) is 4.74 Å². The number of hydrogen-bond acceptors (Lipinski definition) is 6. The predicted molar refractivity (Wildman–Crippen MR) is 126 cm³/mol. The molecule has 0 aliphatic heterocycles. The van der Waals surface area contributed by atoms with E-state index in [1.807, 2.05) is 44.2 Å². The average Bonchev–Trinajstić information content (AvgIpc) is 2.75. The van der Waals surface area contributed by atoms with Gasteiger partial charge in [-0.15, -0.1) is 0 Å². The first-order valence-corrected chi connectivity index (χ1v) is 11.3. The van der Waals surface area contributed by atoms with Crippen LogP contribution in [0.5, 0.6) is 0 Å². The van der Waals surface area contributed by atoms with E-state index < -0.39 is 0 Å². The van der Waals surface area contributed by atoms with E-state index >= 15 is 0 Å². The Kier molecular flexibility index (Phi) is 7.76. The van der Waals surface area contributed by atoms with Gasteiger partial charge in [0.25, 0.3) is 5.91 Å². The fraction of sp³-hybridized carbons (Fsp3) is 0.333.